The van der Waals surface area contributed by atoms with Crippen molar-refractivity contribution in [2.75, 3.05) is 11.9 Å². The van der Waals surface area contributed by atoms with Crippen LogP contribution < -0.4 is 14.8 Å². The number of amides is 1. The number of hydrogen-bond acceptors (Lipinski definition) is 4. The van der Waals surface area contributed by atoms with Crippen LogP contribution in [0.25, 0.3) is 0 Å². The van der Waals surface area contributed by atoms with Crippen molar-refractivity contribution < 1.29 is 17.9 Å². The molecule has 0 saturated carbocycles. The lowest BCUT2D eigenvalue weighted by Crippen LogP contribution is -2.30. The third kappa shape index (κ3) is 5.95. The Kier molecular flexibility index (Phi) is 6.86. The smallest absolute Gasteiger partial charge is 0.262 e. The molecule has 0 aromatic heterocycles. The van der Waals surface area contributed by atoms with Crippen molar-refractivity contribution in [1.82, 2.24) is 4.72 Å². The van der Waals surface area contributed by atoms with Gasteiger partial charge in [-0.2, -0.15) is 0 Å². The first-order valence-electron chi connectivity index (χ1n) is 8.40. The van der Waals surface area contributed by atoms with Crippen LogP contribution in [0.15, 0.2) is 41.3 Å². The van der Waals surface area contributed by atoms with Crippen molar-refractivity contribution in [2.24, 2.45) is 0 Å². The molecule has 2 N–H and O–H groups in total. The molecule has 0 aliphatic carbocycles. The minimum atomic E-state index is -3.58. The van der Waals surface area contributed by atoms with E-state index in [0.29, 0.717) is 22.0 Å². The molecule has 0 aliphatic heterocycles. The molecule has 8 heteroatoms. The Balaban J connectivity index is 2.01. The number of aryl methyl sites for hydroxylation is 2. The average molecular weight is 411 g/mol. The van der Waals surface area contributed by atoms with E-state index in [1.54, 1.807) is 39.0 Å². The molecular formula is C19H23ClN2O4S. The Morgan fingerprint density at radius 1 is 1.11 bits per heavy atom. The first-order chi connectivity index (χ1) is 12.6. The Bertz CT molecular complexity index is 943. The molecule has 0 spiro atoms. The molecule has 27 heavy (non-hydrogen) atoms. The van der Waals surface area contributed by atoms with Crippen molar-refractivity contribution in [2.45, 2.75) is 38.6 Å². The molecule has 1 amide bonds. The van der Waals surface area contributed by atoms with Crippen LogP contribution in [0.3, 0.4) is 0 Å². The van der Waals surface area contributed by atoms with E-state index in [1.165, 1.54) is 12.1 Å². The van der Waals surface area contributed by atoms with Crippen LogP contribution in [0, 0.1) is 13.8 Å². The second-order valence-electron chi connectivity index (χ2n) is 6.50. The van der Waals surface area contributed by atoms with Crippen LogP contribution in [0.1, 0.15) is 25.0 Å². The van der Waals surface area contributed by atoms with Gasteiger partial charge < -0.3 is 10.1 Å². The summed E-state index contributed by atoms with van der Waals surface area (Å²) in [5.74, 6) is 0.100. The molecule has 6 nitrogen and oxygen atoms in total. The minimum absolute atomic E-state index is 0.153. The van der Waals surface area contributed by atoms with E-state index in [4.69, 9.17) is 16.3 Å². The standard InChI is InChI=1S/C19H23ClN2O4S/c1-12(2)22-27(24,25)16-7-8-18(14(4)9-16)26-11-19(23)21-15-6-5-13(3)17(20)10-15/h5-10,12,22H,11H2,1-4H3,(H,21,23). The first kappa shape index (κ1) is 21.2. The third-order valence-electron chi connectivity index (χ3n) is 3.66. The third-order valence-corrected chi connectivity index (χ3v) is 5.73. The fourth-order valence-corrected chi connectivity index (χ4v) is 3.86. The predicted molar refractivity (Wildman–Crippen MR) is 107 cm³/mol. The highest BCUT2D eigenvalue weighted by molar-refractivity contribution is 7.89. The summed E-state index contributed by atoms with van der Waals surface area (Å²) in [7, 11) is -3.58. The van der Waals surface area contributed by atoms with Gasteiger partial charge in [0.2, 0.25) is 10.0 Å². The number of ether oxygens (including phenoxy) is 1. The molecule has 0 atom stereocenters. The van der Waals surface area contributed by atoms with Crippen LogP contribution in [0.4, 0.5) is 5.69 Å². The molecule has 2 rings (SSSR count). The van der Waals surface area contributed by atoms with Crippen molar-refractivity contribution >= 4 is 33.2 Å². The second-order valence-corrected chi connectivity index (χ2v) is 8.63. The van der Waals surface area contributed by atoms with Crippen molar-refractivity contribution in [3.8, 4) is 5.75 Å². The zero-order valence-electron chi connectivity index (χ0n) is 15.7. The maximum Gasteiger partial charge on any atom is 0.262 e. The summed E-state index contributed by atoms with van der Waals surface area (Å²) in [6, 6.07) is 9.54. The van der Waals surface area contributed by atoms with E-state index >= 15 is 0 Å². The number of carbonyl (C=O) groups excluding carboxylic acids is 1. The van der Waals surface area contributed by atoms with Gasteiger partial charge in [0.05, 0.1) is 4.90 Å². The molecule has 0 bridgehead atoms. The molecule has 0 saturated heterocycles. The van der Waals surface area contributed by atoms with Gasteiger partial charge in [-0.05, 0) is 69.2 Å². The van der Waals surface area contributed by atoms with E-state index in [1.807, 2.05) is 13.0 Å². The Morgan fingerprint density at radius 3 is 2.41 bits per heavy atom. The number of halogens is 1. The fourth-order valence-electron chi connectivity index (χ4n) is 2.34. The number of rotatable bonds is 7. The van der Waals surface area contributed by atoms with Gasteiger partial charge in [0.1, 0.15) is 5.75 Å². The first-order valence-corrected chi connectivity index (χ1v) is 10.3. The van der Waals surface area contributed by atoms with Gasteiger partial charge in [0.25, 0.3) is 5.91 Å². The normalized spacial score (nSPS) is 11.5. The highest BCUT2D eigenvalue weighted by Gasteiger charge is 2.17. The lowest BCUT2D eigenvalue weighted by molar-refractivity contribution is -0.118. The van der Waals surface area contributed by atoms with Gasteiger partial charge in [-0.25, -0.2) is 13.1 Å². The number of anilines is 1. The Morgan fingerprint density at radius 2 is 1.81 bits per heavy atom. The predicted octanol–water partition coefficient (Wildman–Crippen LogP) is 3.66. The van der Waals surface area contributed by atoms with E-state index in [0.717, 1.165) is 5.56 Å². The maximum atomic E-state index is 12.2. The summed E-state index contributed by atoms with van der Waals surface area (Å²) in [5, 5.41) is 3.27. The summed E-state index contributed by atoms with van der Waals surface area (Å²) in [4.78, 5) is 12.2. The second kappa shape index (κ2) is 8.73. The van der Waals surface area contributed by atoms with Gasteiger partial charge in [0.15, 0.2) is 6.61 Å². The lowest BCUT2D eigenvalue weighted by Gasteiger charge is -2.13. The zero-order chi connectivity index (χ0) is 20.2. The molecule has 146 valence electrons. The van der Waals surface area contributed by atoms with Gasteiger partial charge in [-0.1, -0.05) is 17.7 Å². The average Bonchev–Trinajstić information content (AvgIpc) is 2.56. The van der Waals surface area contributed by atoms with Crippen LogP contribution in [0.2, 0.25) is 5.02 Å². The lowest BCUT2D eigenvalue weighted by atomic mass is 10.2. The molecule has 2 aromatic rings. The van der Waals surface area contributed by atoms with Crippen LogP contribution >= 0.6 is 11.6 Å². The molecule has 0 aliphatic rings. The number of carbonyl (C=O) groups is 1. The minimum Gasteiger partial charge on any atom is -0.483 e. The largest absolute Gasteiger partial charge is 0.483 e. The van der Waals surface area contributed by atoms with Crippen molar-refractivity contribution in [1.29, 1.82) is 0 Å². The number of benzene rings is 2. The topological polar surface area (TPSA) is 84.5 Å². The summed E-state index contributed by atoms with van der Waals surface area (Å²) in [6.45, 7) is 6.90. The zero-order valence-corrected chi connectivity index (χ0v) is 17.2. The van der Waals surface area contributed by atoms with E-state index in [9.17, 15) is 13.2 Å². The van der Waals surface area contributed by atoms with E-state index < -0.39 is 10.0 Å². The van der Waals surface area contributed by atoms with Gasteiger partial charge in [-0.15, -0.1) is 0 Å². The van der Waals surface area contributed by atoms with E-state index in [-0.39, 0.29) is 23.5 Å². The monoisotopic (exact) mass is 410 g/mol. The molecule has 0 radical (unpaired) electrons. The van der Waals surface area contributed by atoms with Gasteiger partial charge >= 0.3 is 0 Å². The summed E-state index contributed by atoms with van der Waals surface area (Å²) in [6.07, 6.45) is 0. The fraction of sp³-hybridized carbons (Fsp3) is 0.316. The summed E-state index contributed by atoms with van der Waals surface area (Å²) in [5.41, 5.74) is 2.12. The molecule has 0 unspecified atom stereocenters. The van der Waals surface area contributed by atoms with Crippen molar-refractivity contribution in [3.05, 3.63) is 52.5 Å². The van der Waals surface area contributed by atoms with Crippen LogP contribution in [0.5, 0.6) is 5.75 Å². The Labute approximate surface area is 164 Å². The maximum absolute atomic E-state index is 12.2. The molecule has 0 heterocycles. The quantitative estimate of drug-likeness (QED) is 0.729. The van der Waals surface area contributed by atoms with Gasteiger partial charge in [0, 0.05) is 16.8 Å². The SMILES string of the molecule is Cc1ccc(NC(=O)COc2ccc(S(=O)(=O)NC(C)C)cc2C)cc1Cl. The molecule has 2 aromatic carbocycles. The summed E-state index contributed by atoms with van der Waals surface area (Å²) < 4.78 is 32.4. The van der Waals surface area contributed by atoms with E-state index in [2.05, 4.69) is 10.0 Å². The number of hydrogen-bond donors (Lipinski definition) is 2. The van der Waals surface area contributed by atoms with Gasteiger partial charge in [-0.3, -0.25) is 4.79 Å². The Hall–Kier alpha value is -2.09. The highest BCUT2D eigenvalue weighted by atomic mass is 35.5. The molecule has 0 fully saturated rings. The number of nitrogens with one attached hydrogen (secondary N) is 2. The molecular weight excluding hydrogens is 388 g/mol. The van der Waals surface area contributed by atoms with Crippen molar-refractivity contribution in [3.63, 3.8) is 0 Å². The number of sulfonamides is 1. The highest BCUT2D eigenvalue weighted by Crippen LogP contribution is 2.23. The van der Waals surface area contributed by atoms with Crippen LogP contribution in [-0.2, 0) is 14.8 Å². The van der Waals surface area contributed by atoms with Crippen LogP contribution in [-0.4, -0.2) is 27.0 Å². The summed E-state index contributed by atoms with van der Waals surface area (Å²) >= 11 is 6.04.